The van der Waals surface area contributed by atoms with Gasteiger partial charge in [0.2, 0.25) is 5.78 Å². The molecule has 17 heavy (non-hydrogen) atoms. The van der Waals surface area contributed by atoms with Crippen molar-refractivity contribution < 1.29 is 14.3 Å². The number of carbonyl (C=O) groups excluding carboxylic acids is 2. The van der Waals surface area contributed by atoms with Gasteiger partial charge in [0.25, 0.3) is 0 Å². The van der Waals surface area contributed by atoms with Crippen molar-refractivity contribution in [3.05, 3.63) is 43.5 Å². The summed E-state index contributed by atoms with van der Waals surface area (Å²) in [7, 11) is 1.21. The Balaban J connectivity index is 3.16. The van der Waals surface area contributed by atoms with E-state index in [4.69, 9.17) is 23.2 Å². The zero-order valence-electron chi connectivity index (χ0n) is 8.67. The smallest absolute Gasteiger partial charge is 0.342 e. The van der Waals surface area contributed by atoms with E-state index in [2.05, 4.69) is 4.74 Å². The van der Waals surface area contributed by atoms with Gasteiger partial charge in [-0.1, -0.05) is 45.8 Å². The predicted molar refractivity (Wildman–Crippen MR) is 74.9 cm³/mol. The van der Waals surface area contributed by atoms with E-state index in [1.165, 1.54) is 29.4 Å². The Morgan fingerprint density at radius 2 is 2.00 bits per heavy atom. The molecule has 0 aliphatic carbocycles. The van der Waals surface area contributed by atoms with E-state index in [0.717, 1.165) is 0 Å². The van der Waals surface area contributed by atoms with Crippen molar-refractivity contribution >= 4 is 57.5 Å². The zero-order chi connectivity index (χ0) is 13.0. The van der Waals surface area contributed by atoms with Crippen molar-refractivity contribution in [3.63, 3.8) is 0 Å². The van der Waals surface area contributed by atoms with E-state index < -0.39 is 11.8 Å². The lowest BCUT2D eigenvalue weighted by Gasteiger charge is -2.05. The third kappa shape index (κ3) is 3.43. The number of Topliss-reactive ketones (excluding diaryl/α,β-unsaturated/α-hetero) is 1. The van der Waals surface area contributed by atoms with Crippen LogP contribution in [0.1, 0.15) is 10.4 Å². The minimum absolute atomic E-state index is 0.0719. The molecule has 0 aromatic heterocycles. The quantitative estimate of drug-likeness (QED) is 0.199. The van der Waals surface area contributed by atoms with E-state index in [9.17, 15) is 9.59 Å². The van der Waals surface area contributed by atoms with Crippen LogP contribution in [0.3, 0.4) is 0 Å². The highest BCUT2D eigenvalue weighted by molar-refractivity contribution is 14.1. The molecule has 0 aliphatic heterocycles. The van der Waals surface area contributed by atoms with E-state index in [1.54, 1.807) is 22.6 Å². The van der Waals surface area contributed by atoms with E-state index in [1.807, 2.05) is 0 Å². The van der Waals surface area contributed by atoms with Crippen LogP contribution in [0.5, 0.6) is 0 Å². The van der Waals surface area contributed by atoms with Gasteiger partial charge >= 0.3 is 5.97 Å². The molecule has 0 fully saturated rings. The maximum atomic E-state index is 12.0. The number of rotatable bonds is 3. The lowest BCUT2D eigenvalue weighted by molar-refractivity contribution is -0.135. The molecular formula is C11H7Cl2IO3. The molecule has 1 aromatic rings. The van der Waals surface area contributed by atoms with Crippen LogP contribution in [0, 0.1) is 0 Å². The first kappa shape index (κ1) is 14.5. The molecule has 0 heterocycles. The fourth-order valence-corrected chi connectivity index (χ4v) is 2.15. The van der Waals surface area contributed by atoms with Gasteiger partial charge in [-0.15, -0.1) is 0 Å². The van der Waals surface area contributed by atoms with E-state index in [-0.39, 0.29) is 16.2 Å². The van der Waals surface area contributed by atoms with Gasteiger partial charge in [0.15, 0.2) is 0 Å². The third-order valence-electron chi connectivity index (χ3n) is 1.93. The number of esters is 1. The van der Waals surface area contributed by atoms with Crippen LogP contribution in [-0.4, -0.2) is 18.9 Å². The second-order valence-electron chi connectivity index (χ2n) is 2.97. The SMILES string of the molecule is COC(=O)/C(=C\I)C(=O)c1ccc(Cl)cc1Cl. The number of methoxy groups -OCH3 is 1. The van der Waals surface area contributed by atoms with Crippen molar-refractivity contribution in [2.24, 2.45) is 0 Å². The molecule has 0 aliphatic rings. The molecule has 6 heteroatoms. The Bertz CT molecular complexity index is 497. The monoisotopic (exact) mass is 384 g/mol. The summed E-state index contributed by atoms with van der Waals surface area (Å²) in [6.45, 7) is 0. The molecular weight excluding hydrogens is 378 g/mol. The maximum Gasteiger partial charge on any atom is 0.342 e. The molecule has 3 nitrogen and oxygen atoms in total. The summed E-state index contributed by atoms with van der Waals surface area (Å²) in [6, 6.07) is 4.44. The molecule has 90 valence electrons. The largest absolute Gasteiger partial charge is 0.465 e. The number of benzene rings is 1. The number of ether oxygens (including phenoxy) is 1. The highest BCUT2D eigenvalue weighted by Gasteiger charge is 2.22. The zero-order valence-corrected chi connectivity index (χ0v) is 12.3. The van der Waals surface area contributed by atoms with Gasteiger partial charge in [-0.3, -0.25) is 4.79 Å². The molecule has 0 amide bonds. The van der Waals surface area contributed by atoms with Crippen molar-refractivity contribution in [1.82, 2.24) is 0 Å². The van der Waals surface area contributed by atoms with Gasteiger partial charge in [-0.25, -0.2) is 4.79 Å². The molecule has 1 aromatic carbocycles. The van der Waals surface area contributed by atoms with Crippen LogP contribution < -0.4 is 0 Å². The summed E-state index contributed by atoms with van der Waals surface area (Å²) in [5.74, 6) is -1.19. The summed E-state index contributed by atoms with van der Waals surface area (Å²) in [5.41, 5.74) is 0.140. The highest BCUT2D eigenvalue weighted by Crippen LogP contribution is 2.24. The number of hydrogen-bond donors (Lipinski definition) is 0. The van der Waals surface area contributed by atoms with Crippen LogP contribution in [0.2, 0.25) is 10.0 Å². The molecule has 1 rings (SSSR count). The lowest BCUT2D eigenvalue weighted by Crippen LogP contribution is -2.14. The standard InChI is InChI=1S/C11H7Cl2IO3/c1-17-11(16)8(5-14)10(15)7-3-2-6(12)4-9(7)13/h2-5H,1H3/b8-5-. The molecule has 0 atom stereocenters. The van der Waals surface area contributed by atoms with Crippen LogP contribution >= 0.6 is 45.8 Å². The second-order valence-corrected chi connectivity index (χ2v) is 4.43. The average Bonchev–Trinajstić information content (AvgIpc) is 2.29. The van der Waals surface area contributed by atoms with Crippen LogP contribution in [-0.2, 0) is 9.53 Å². The normalized spacial score (nSPS) is 11.2. The fourth-order valence-electron chi connectivity index (χ4n) is 1.12. The van der Waals surface area contributed by atoms with Gasteiger partial charge in [-0.05, 0) is 22.3 Å². The number of halogens is 3. The highest BCUT2D eigenvalue weighted by atomic mass is 127. The number of carbonyl (C=O) groups is 2. The van der Waals surface area contributed by atoms with Crippen LogP contribution in [0.4, 0.5) is 0 Å². The van der Waals surface area contributed by atoms with E-state index >= 15 is 0 Å². The minimum Gasteiger partial charge on any atom is -0.465 e. The summed E-state index contributed by atoms with van der Waals surface area (Å²) >= 11 is 13.4. The number of hydrogen-bond acceptors (Lipinski definition) is 3. The molecule has 0 N–H and O–H groups in total. The molecule has 0 saturated carbocycles. The average molecular weight is 385 g/mol. The Morgan fingerprint density at radius 1 is 1.35 bits per heavy atom. The molecule has 0 radical (unpaired) electrons. The Morgan fingerprint density at radius 3 is 2.47 bits per heavy atom. The predicted octanol–water partition coefficient (Wildman–Crippen LogP) is 3.67. The maximum absolute atomic E-state index is 12.0. The fraction of sp³-hybridized carbons (Fsp3) is 0.0909. The van der Waals surface area contributed by atoms with Crippen molar-refractivity contribution in [1.29, 1.82) is 0 Å². The Labute approximate surface area is 122 Å². The lowest BCUT2D eigenvalue weighted by atomic mass is 10.1. The first-order chi connectivity index (χ1) is 8.01. The van der Waals surface area contributed by atoms with Gasteiger partial charge in [0.1, 0.15) is 5.57 Å². The first-order valence-electron chi connectivity index (χ1n) is 4.39. The van der Waals surface area contributed by atoms with Crippen molar-refractivity contribution in [2.75, 3.05) is 7.11 Å². The topological polar surface area (TPSA) is 43.4 Å². The van der Waals surface area contributed by atoms with Gasteiger partial charge < -0.3 is 4.74 Å². The van der Waals surface area contributed by atoms with Crippen molar-refractivity contribution in [3.8, 4) is 0 Å². The third-order valence-corrected chi connectivity index (χ3v) is 3.11. The summed E-state index contributed by atoms with van der Waals surface area (Å²) in [6.07, 6.45) is 0. The summed E-state index contributed by atoms with van der Waals surface area (Å²) in [5, 5.41) is 0.617. The van der Waals surface area contributed by atoms with Crippen molar-refractivity contribution in [2.45, 2.75) is 0 Å². The Kier molecular flexibility index (Phi) is 5.42. The molecule has 0 unspecified atom stereocenters. The van der Waals surface area contributed by atoms with Gasteiger partial charge in [0.05, 0.1) is 12.1 Å². The summed E-state index contributed by atoms with van der Waals surface area (Å²) < 4.78 is 5.87. The van der Waals surface area contributed by atoms with Gasteiger partial charge in [0, 0.05) is 10.6 Å². The van der Waals surface area contributed by atoms with Crippen LogP contribution in [0.25, 0.3) is 0 Å². The van der Waals surface area contributed by atoms with Crippen LogP contribution in [0.15, 0.2) is 27.9 Å². The minimum atomic E-state index is -0.699. The molecule has 0 bridgehead atoms. The second kappa shape index (κ2) is 6.37. The molecule has 0 spiro atoms. The number of ketones is 1. The Hall–Kier alpha value is -0.590. The summed E-state index contributed by atoms with van der Waals surface area (Å²) in [4.78, 5) is 23.4. The van der Waals surface area contributed by atoms with Gasteiger partial charge in [-0.2, -0.15) is 0 Å². The first-order valence-corrected chi connectivity index (χ1v) is 6.40. The van der Waals surface area contributed by atoms with E-state index in [0.29, 0.717) is 5.02 Å². The molecule has 0 saturated heterocycles.